The van der Waals surface area contributed by atoms with Crippen LogP contribution in [0.5, 0.6) is 0 Å². The van der Waals surface area contributed by atoms with Crippen molar-refractivity contribution in [1.82, 2.24) is 0 Å². The minimum absolute atomic E-state index is 0.0499. The third kappa shape index (κ3) is 5.53. The Morgan fingerprint density at radius 3 is 1.94 bits per heavy atom. The molecule has 0 heterocycles. The number of carbonyl (C=O) groups excluding carboxylic acids is 4. The first-order valence-corrected chi connectivity index (χ1v) is 13.8. The second-order valence-corrected chi connectivity index (χ2v) is 11.4. The number of Topliss-reactive ketones (excluding diaryl/α,β-unsaturated/α-hetero) is 4. The highest BCUT2D eigenvalue weighted by Gasteiger charge is 2.53. The van der Waals surface area contributed by atoms with Crippen molar-refractivity contribution in [3.8, 4) is 0 Å². The molecule has 0 saturated heterocycles. The smallest absolute Gasteiger partial charge is 0.180 e. The second kappa shape index (κ2) is 11.1. The lowest BCUT2D eigenvalue weighted by atomic mass is 9.72. The quantitative estimate of drug-likeness (QED) is 0.475. The predicted octanol–water partition coefficient (Wildman–Crippen LogP) is 5.14. The lowest BCUT2D eigenvalue weighted by molar-refractivity contribution is -0.304. The Morgan fingerprint density at radius 2 is 1.24 bits per heavy atom. The van der Waals surface area contributed by atoms with Crippen molar-refractivity contribution in [1.29, 1.82) is 0 Å². The van der Waals surface area contributed by atoms with E-state index in [0.29, 0.717) is 32.1 Å². The topological polar surface area (TPSA) is 86.7 Å². The molecule has 4 aliphatic rings. The second-order valence-electron chi connectivity index (χ2n) is 11.4. The van der Waals surface area contributed by atoms with E-state index in [1.165, 1.54) is 0 Å². The molecule has 34 heavy (non-hydrogen) atoms. The summed E-state index contributed by atoms with van der Waals surface area (Å²) in [5.74, 6) is -2.01. The molecule has 0 aliphatic heterocycles. The molecular formula is C28H42O6. The number of rotatable bonds is 7. The van der Waals surface area contributed by atoms with E-state index in [9.17, 15) is 19.2 Å². The van der Waals surface area contributed by atoms with Crippen LogP contribution in [0.1, 0.15) is 110 Å². The molecule has 0 aromatic heterocycles. The van der Waals surface area contributed by atoms with Gasteiger partial charge in [-0.3, -0.25) is 19.2 Å². The van der Waals surface area contributed by atoms with Crippen molar-refractivity contribution in [2.75, 3.05) is 0 Å². The molecule has 0 amide bonds. The number of hydrogen-bond donors (Lipinski definition) is 0. The molecule has 4 fully saturated rings. The average Bonchev–Trinajstić information content (AvgIpc) is 2.82. The molecule has 6 nitrogen and oxygen atoms in total. The molecule has 7 atom stereocenters. The van der Waals surface area contributed by atoms with Crippen molar-refractivity contribution in [2.24, 2.45) is 23.7 Å². The first kappa shape index (κ1) is 25.7. The van der Waals surface area contributed by atoms with Crippen LogP contribution in [-0.2, 0) is 28.7 Å². The lowest BCUT2D eigenvalue weighted by Gasteiger charge is -2.48. The van der Waals surface area contributed by atoms with Crippen molar-refractivity contribution in [3.63, 3.8) is 0 Å². The van der Waals surface area contributed by atoms with E-state index in [1.54, 1.807) is 0 Å². The van der Waals surface area contributed by atoms with Gasteiger partial charge < -0.3 is 9.47 Å². The molecule has 0 bridgehead atoms. The van der Waals surface area contributed by atoms with Gasteiger partial charge in [-0.05, 0) is 64.2 Å². The van der Waals surface area contributed by atoms with Crippen molar-refractivity contribution in [2.45, 2.75) is 128 Å². The first-order valence-electron chi connectivity index (χ1n) is 13.8. The molecule has 0 aromatic carbocycles. The van der Waals surface area contributed by atoms with Crippen LogP contribution >= 0.6 is 0 Å². The molecule has 4 saturated carbocycles. The summed E-state index contributed by atoms with van der Waals surface area (Å²) in [6, 6.07) is 0. The number of ether oxygens (including phenoxy) is 2. The Hall–Kier alpha value is -1.40. The maximum atomic E-state index is 13.6. The van der Waals surface area contributed by atoms with Crippen LogP contribution in [0.4, 0.5) is 0 Å². The van der Waals surface area contributed by atoms with Crippen LogP contribution in [0, 0.1) is 23.7 Å². The zero-order valence-corrected chi connectivity index (χ0v) is 21.0. The summed E-state index contributed by atoms with van der Waals surface area (Å²) in [6.07, 6.45) is 9.59. The molecule has 0 radical (unpaired) electrons. The standard InChI is InChI=1S/C28H42O6/c1-18-9-7-12-21(26(18)31)28(17-20-11-3-4-13-22(20)29,33-24-15-6-5-14-23(24)30)34-25-16-8-10-19(2)27(25)32/h18-21,24-25H,3-17H2,1-2H3. The van der Waals surface area contributed by atoms with Crippen molar-refractivity contribution in [3.05, 3.63) is 0 Å². The third-order valence-corrected chi connectivity index (χ3v) is 8.79. The van der Waals surface area contributed by atoms with Crippen LogP contribution in [0.15, 0.2) is 0 Å². The average molecular weight is 475 g/mol. The molecular weight excluding hydrogens is 432 g/mol. The fourth-order valence-corrected chi connectivity index (χ4v) is 6.62. The van der Waals surface area contributed by atoms with Crippen LogP contribution in [0.2, 0.25) is 0 Å². The van der Waals surface area contributed by atoms with Gasteiger partial charge in [-0.15, -0.1) is 0 Å². The molecule has 0 spiro atoms. The van der Waals surface area contributed by atoms with Crippen LogP contribution in [0.25, 0.3) is 0 Å². The highest BCUT2D eigenvalue weighted by molar-refractivity contribution is 5.87. The summed E-state index contributed by atoms with van der Waals surface area (Å²) in [7, 11) is 0. The van der Waals surface area contributed by atoms with Gasteiger partial charge in [0.05, 0.1) is 5.92 Å². The largest absolute Gasteiger partial charge is 0.338 e. The number of carbonyl (C=O) groups is 4. The Bertz CT molecular complexity index is 758. The maximum absolute atomic E-state index is 13.6. The molecule has 190 valence electrons. The highest BCUT2D eigenvalue weighted by atomic mass is 16.7. The summed E-state index contributed by atoms with van der Waals surface area (Å²) in [5.41, 5.74) is 0. The van der Waals surface area contributed by atoms with E-state index in [0.717, 1.165) is 57.8 Å². The maximum Gasteiger partial charge on any atom is 0.180 e. The van der Waals surface area contributed by atoms with Gasteiger partial charge >= 0.3 is 0 Å². The minimum Gasteiger partial charge on any atom is -0.338 e. The van der Waals surface area contributed by atoms with E-state index >= 15 is 0 Å². The van der Waals surface area contributed by atoms with Gasteiger partial charge in [0.15, 0.2) is 17.4 Å². The molecule has 0 aromatic rings. The Morgan fingerprint density at radius 1 is 0.647 bits per heavy atom. The monoisotopic (exact) mass is 474 g/mol. The summed E-state index contributed by atoms with van der Waals surface area (Å²) >= 11 is 0. The Kier molecular flexibility index (Phi) is 8.40. The Labute approximate surface area is 203 Å². The zero-order valence-electron chi connectivity index (χ0n) is 21.0. The van der Waals surface area contributed by atoms with E-state index < -0.39 is 23.9 Å². The predicted molar refractivity (Wildman–Crippen MR) is 127 cm³/mol. The minimum atomic E-state index is -1.39. The molecule has 6 heteroatoms. The van der Waals surface area contributed by atoms with Crippen LogP contribution in [0.3, 0.4) is 0 Å². The molecule has 7 unspecified atom stereocenters. The fraction of sp³-hybridized carbons (Fsp3) is 0.857. The van der Waals surface area contributed by atoms with E-state index in [1.807, 2.05) is 13.8 Å². The number of hydrogen-bond acceptors (Lipinski definition) is 6. The normalized spacial score (nSPS) is 37.5. The van der Waals surface area contributed by atoms with Gasteiger partial charge in [-0.2, -0.15) is 0 Å². The molecule has 0 N–H and O–H groups in total. The van der Waals surface area contributed by atoms with Gasteiger partial charge in [0.2, 0.25) is 0 Å². The van der Waals surface area contributed by atoms with E-state index in [2.05, 4.69) is 0 Å². The molecule has 4 aliphatic carbocycles. The summed E-state index contributed by atoms with van der Waals surface area (Å²) < 4.78 is 13.4. The lowest BCUT2D eigenvalue weighted by Crippen LogP contribution is -2.57. The summed E-state index contributed by atoms with van der Waals surface area (Å²) in [4.78, 5) is 52.5. The number of ketones is 4. The van der Waals surface area contributed by atoms with Crippen LogP contribution < -0.4 is 0 Å². The van der Waals surface area contributed by atoms with Gasteiger partial charge in [-0.1, -0.05) is 26.7 Å². The van der Waals surface area contributed by atoms with Gasteiger partial charge in [0, 0.05) is 37.0 Å². The van der Waals surface area contributed by atoms with E-state index in [-0.39, 0.29) is 47.3 Å². The fourth-order valence-electron chi connectivity index (χ4n) is 6.62. The SMILES string of the molecule is CC1CCCC(OC(CC2CCCCC2=O)(OC2CCCCC2=O)C2CCCC(C)C2=O)C1=O. The molecule has 4 rings (SSSR count). The van der Waals surface area contributed by atoms with E-state index in [4.69, 9.17) is 9.47 Å². The summed E-state index contributed by atoms with van der Waals surface area (Å²) in [6.45, 7) is 3.88. The van der Waals surface area contributed by atoms with Gasteiger partial charge in [0.1, 0.15) is 23.8 Å². The van der Waals surface area contributed by atoms with Crippen molar-refractivity contribution < 1.29 is 28.7 Å². The Balaban J connectivity index is 1.73. The summed E-state index contributed by atoms with van der Waals surface area (Å²) in [5, 5.41) is 0. The first-order chi connectivity index (χ1) is 16.3. The third-order valence-electron chi connectivity index (χ3n) is 8.79. The zero-order chi connectivity index (χ0) is 24.3. The van der Waals surface area contributed by atoms with Gasteiger partial charge in [-0.25, -0.2) is 0 Å². The van der Waals surface area contributed by atoms with Crippen LogP contribution in [-0.4, -0.2) is 41.1 Å². The highest BCUT2D eigenvalue weighted by Crippen LogP contribution is 2.45. The van der Waals surface area contributed by atoms with Gasteiger partial charge in [0.25, 0.3) is 0 Å². The van der Waals surface area contributed by atoms with Crippen molar-refractivity contribution >= 4 is 23.1 Å².